The zero-order valence-corrected chi connectivity index (χ0v) is 21.5. The fourth-order valence-corrected chi connectivity index (χ4v) is 6.91. The number of nitrogen functional groups attached to an aromatic ring is 1. The van der Waals surface area contributed by atoms with Crippen LogP contribution < -0.4 is 10.5 Å². The van der Waals surface area contributed by atoms with E-state index in [1.54, 1.807) is 0 Å². The van der Waals surface area contributed by atoms with Crippen molar-refractivity contribution in [1.29, 1.82) is 0 Å². The molecule has 186 valence electrons. The van der Waals surface area contributed by atoms with Gasteiger partial charge in [0.25, 0.3) is 0 Å². The summed E-state index contributed by atoms with van der Waals surface area (Å²) in [5.74, 6) is 2.05. The smallest absolute Gasteiger partial charge is 0.131 e. The lowest BCUT2D eigenvalue weighted by atomic mass is 9.64. The zero-order valence-electron chi connectivity index (χ0n) is 21.5. The van der Waals surface area contributed by atoms with Gasteiger partial charge in [-0.15, -0.1) is 0 Å². The highest BCUT2D eigenvalue weighted by molar-refractivity contribution is 5.89. The third kappa shape index (κ3) is 3.15. The summed E-state index contributed by atoms with van der Waals surface area (Å²) in [4.78, 5) is 0. The summed E-state index contributed by atoms with van der Waals surface area (Å²) in [6, 6.07) is 43.4. The van der Waals surface area contributed by atoms with E-state index in [-0.39, 0.29) is 0 Å². The lowest BCUT2D eigenvalue weighted by molar-refractivity contribution is 0.365. The number of hydrogen-bond acceptors (Lipinski definition) is 2. The highest BCUT2D eigenvalue weighted by Crippen LogP contribution is 2.61. The van der Waals surface area contributed by atoms with Crippen molar-refractivity contribution in [3.8, 4) is 28.0 Å². The van der Waals surface area contributed by atoms with E-state index in [1.807, 2.05) is 18.2 Å². The standard InChI is InChI=1S/C37H27NO/c38-28-9-7-8-26(22-28)24-16-18-25(19-17-24)27-20-21-36-34(23-27)37(33-14-5-6-15-35(33)39-36)31-12-3-1-10-29(31)30-11-2-4-13-32(30)37/h1-19,22-23H,20-21,38H2. The van der Waals surface area contributed by atoms with Gasteiger partial charge in [0.2, 0.25) is 0 Å². The molecular weight excluding hydrogens is 474 g/mol. The van der Waals surface area contributed by atoms with E-state index in [9.17, 15) is 0 Å². The Kier molecular flexibility index (Phi) is 4.75. The van der Waals surface area contributed by atoms with Crippen LogP contribution in [-0.2, 0) is 5.41 Å². The first-order valence-electron chi connectivity index (χ1n) is 13.6. The number of para-hydroxylation sites is 1. The summed E-state index contributed by atoms with van der Waals surface area (Å²) < 4.78 is 6.65. The van der Waals surface area contributed by atoms with Crippen LogP contribution in [0.1, 0.15) is 35.1 Å². The predicted molar refractivity (Wildman–Crippen MR) is 159 cm³/mol. The summed E-state index contributed by atoms with van der Waals surface area (Å²) in [5, 5.41) is 0. The van der Waals surface area contributed by atoms with E-state index in [0.717, 1.165) is 35.6 Å². The molecule has 2 heteroatoms. The molecule has 0 saturated carbocycles. The lowest BCUT2D eigenvalue weighted by Gasteiger charge is -2.42. The van der Waals surface area contributed by atoms with Gasteiger partial charge in [0, 0.05) is 23.2 Å². The summed E-state index contributed by atoms with van der Waals surface area (Å²) in [6.45, 7) is 0. The molecular formula is C37H27NO. The van der Waals surface area contributed by atoms with E-state index >= 15 is 0 Å². The lowest BCUT2D eigenvalue weighted by Crippen LogP contribution is -2.35. The van der Waals surface area contributed by atoms with Crippen LogP contribution in [0.2, 0.25) is 0 Å². The van der Waals surface area contributed by atoms with Crippen LogP contribution in [0.5, 0.6) is 5.75 Å². The fourth-order valence-electron chi connectivity index (χ4n) is 6.91. The van der Waals surface area contributed by atoms with Crippen LogP contribution in [0, 0.1) is 0 Å². The Morgan fingerprint density at radius 2 is 1.21 bits per heavy atom. The summed E-state index contributed by atoms with van der Waals surface area (Å²) in [7, 11) is 0. The Balaban J connectivity index is 1.33. The van der Waals surface area contributed by atoms with Gasteiger partial charge in [-0.05, 0) is 69.1 Å². The predicted octanol–water partition coefficient (Wildman–Crippen LogP) is 8.77. The Morgan fingerprint density at radius 3 is 1.92 bits per heavy atom. The number of fused-ring (bicyclic) bond motifs is 8. The topological polar surface area (TPSA) is 35.2 Å². The number of allylic oxidation sites excluding steroid dienone is 4. The number of benzene rings is 5. The van der Waals surface area contributed by atoms with Crippen molar-refractivity contribution < 1.29 is 4.74 Å². The molecule has 5 aromatic rings. The second-order valence-electron chi connectivity index (χ2n) is 10.6. The average Bonchev–Trinajstić information content (AvgIpc) is 3.28. The monoisotopic (exact) mass is 501 g/mol. The third-order valence-electron chi connectivity index (χ3n) is 8.60. The Labute approximate surface area is 228 Å². The molecule has 1 spiro atoms. The van der Waals surface area contributed by atoms with Crippen LogP contribution >= 0.6 is 0 Å². The molecule has 0 bridgehead atoms. The SMILES string of the molecule is Nc1cccc(-c2ccc(C3=CC4=C(CC3)Oc3ccccc3C43c4ccccc4-c4ccccc43)cc2)c1. The van der Waals surface area contributed by atoms with Gasteiger partial charge in [0.15, 0.2) is 0 Å². The molecule has 0 saturated heterocycles. The molecule has 0 radical (unpaired) electrons. The number of anilines is 1. The normalized spacial score (nSPS) is 16.1. The second-order valence-corrected chi connectivity index (χ2v) is 10.6. The zero-order chi connectivity index (χ0) is 26.0. The maximum atomic E-state index is 6.65. The Hall–Kier alpha value is -4.82. The van der Waals surface area contributed by atoms with Crippen molar-refractivity contribution in [2.45, 2.75) is 18.3 Å². The number of ether oxygens (including phenoxy) is 1. The first-order chi connectivity index (χ1) is 19.2. The van der Waals surface area contributed by atoms with Crippen LogP contribution in [0.25, 0.3) is 27.8 Å². The number of nitrogens with two attached hydrogens (primary N) is 1. The molecule has 3 aliphatic rings. The second kappa shape index (κ2) is 8.34. The molecule has 0 amide bonds. The summed E-state index contributed by atoms with van der Waals surface area (Å²) in [5.41, 5.74) is 19.1. The number of hydrogen-bond donors (Lipinski definition) is 1. The highest BCUT2D eigenvalue weighted by Gasteiger charge is 2.52. The van der Waals surface area contributed by atoms with Crippen molar-refractivity contribution in [1.82, 2.24) is 0 Å². The molecule has 5 aromatic carbocycles. The van der Waals surface area contributed by atoms with E-state index in [2.05, 4.69) is 109 Å². The third-order valence-corrected chi connectivity index (χ3v) is 8.60. The maximum absolute atomic E-state index is 6.65. The van der Waals surface area contributed by atoms with Crippen LogP contribution in [-0.4, -0.2) is 0 Å². The largest absolute Gasteiger partial charge is 0.461 e. The molecule has 39 heavy (non-hydrogen) atoms. The van der Waals surface area contributed by atoms with Gasteiger partial charge < -0.3 is 10.5 Å². The molecule has 2 aliphatic carbocycles. The first-order valence-corrected chi connectivity index (χ1v) is 13.6. The van der Waals surface area contributed by atoms with Crippen molar-refractivity contribution in [2.75, 3.05) is 5.73 Å². The van der Waals surface area contributed by atoms with E-state index in [1.165, 1.54) is 50.1 Å². The van der Waals surface area contributed by atoms with E-state index in [4.69, 9.17) is 10.5 Å². The highest BCUT2D eigenvalue weighted by atomic mass is 16.5. The molecule has 0 fully saturated rings. The molecule has 1 heterocycles. The van der Waals surface area contributed by atoms with Gasteiger partial charge in [0.1, 0.15) is 11.5 Å². The van der Waals surface area contributed by atoms with Crippen molar-refractivity contribution >= 4 is 11.3 Å². The maximum Gasteiger partial charge on any atom is 0.131 e. The minimum absolute atomic E-state index is 0.398. The van der Waals surface area contributed by atoms with Gasteiger partial charge in [-0.25, -0.2) is 0 Å². The molecule has 2 nitrogen and oxygen atoms in total. The van der Waals surface area contributed by atoms with Gasteiger partial charge >= 0.3 is 0 Å². The minimum atomic E-state index is -0.398. The van der Waals surface area contributed by atoms with Gasteiger partial charge in [-0.3, -0.25) is 0 Å². The quantitative estimate of drug-likeness (QED) is 0.245. The number of rotatable bonds is 2. The summed E-state index contributed by atoms with van der Waals surface area (Å²) >= 11 is 0. The molecule has 0 unspecified atom stereocenters. The molecule has 0 aromatic heterocycles. The molecule has 1 aliphatic heterocycles. The van der Waals surface area contributed by atoms with Crippen LogP contribution in [0.15, 0.2) is 139 Å². The van der Waals surface area contributed by atoms with E-state index in [0.29, 0.717) is 0 Å². The molecule has 2 N–H and O–H groups in total. The van der Waals surface area contributed by atoms with Gasteiger partial charge in [-0.2, -0.15) is 0 Å². The van der Waals surface area contributed by atoms with Crippen LogP contribution in [0.4, 0.5) is 5.69 Å². The van der Waals surface area contributed by atoms with Gasteiger partial charge in [-0.1, -0.05) is 109 Å². The summed E-state index contributed by atoms with van der Waals surface area (Å²) in [6.07, 6.45) is 4.24. The Bertz CT molecular complexity index is 1790. The van der Waals surface area contributed by atoms with Gasteiger partial charge in [0.05, 0.1) is 5.41 Å². The first kappa shape index (κ1) is 22.2. The van der Waals surface area contributed by atoms with Crippen molar-refractivity contribution in [3.05, 3.63) is 161 Å². The van der Waals surface area contributed by atoms with Crippen molar-refractivity contribution in [3.63, 3.8) is 0 Å². The van der Waals surface area contributed by atoms with Crippen LogP contribution in [0.3, 0.4) is 0 Å². The Morgan fingerprint density at radius 1 is 0.564 bits per heavy atom. The average molecular weight is 502 g/mol. The molecule has 0 atom stereocenters. The van der Waals surface area contributed by atoms with Crippen molar-refractivity contribution in [2.24, 2.45) is 0 Å². The fraction of sp³-hybridized carbons (Fsp3) is 0.0811. The minimum Gasteiger partial charge on any atom is -0.461 e. The van der Waals surface area contributed by atoms with E-state index < -0.39 is 5.41 Å². The molecule has 8 rings (SSSR count).